The number of carbonyl (C=O) groups is 3. The summed E-state index contributed by atoms with van der Waals surface area (Å²) in [6.07, 6.45) is 0.806. The summed E-state index contributed by atoms with van der Waals surface area (Å²) in [6, 6.07) is 8.61. The number of nitrogens with zero attached hydrogens (tertiary/aromatic N) is 3. The highest BCUT2D eigenvalue weighted by molar-refractivity contribution is 5.95. The van der Waals surface area contributed by atoms with E-state index in [9.17, 15) is 14.4 Å². The van der Waals surface area contributed by atoms with Crippen LogP contribution in [0.15, 0.2) is 41.6 Å². The van der Waals surface area contributed by atoms with E-state index in [4.69, 9.17) is 4.74 Å². The van der Waals surface area contributed by atoms with Crippen LogP contribution in [0.5, 0.6) is 0 Å². The summed E-state index contributed by atoms with van der Waals surface area (Å²) in [6.45, 7) is 13.3. The number of benzene rings is 1. The Kier molecular flexibility index (Phi) is 8.77. The van der Waals surface area contributed by atoms with Gasteiger partial charge in [-0.05, 0) is 46.6 Å². The average Bonchev–Trinajstić information content (AvgIpc) is 3.04. The minimum Gasteiger partial charge on any atom is -0.463 e. The summed E-state index contributed by atoms with van der Waals surface area (Å²) in [5, 5.41) is 6.03. The molecular weight excluding hydrogens is 446 g/mol. The Balaban J connectivity index is 1.89. The zero-order valence-corrected chi connectivity index (χ0v) is 21.6. The number of likely N-dealkylation sites (N-methyl/N-ethyl adjacent to an activating group) is 1. The second-order valence-corrected chi connectivity index (χ2v) is 9.92. The van der Waals surface area contributed by atoms with E-state index in [0.29, 0.717) is 44.0 Å². The first-order valence-corrected chi connectivity index (χ1v) is 12.5. The summed E-state index contributed by atoms with van der Waals surface area (Å²) < 4.78 is 5.45. The van der Waals surface area contributed by atoms with Gasteiger partial charge < -0.3 is 20.3 Å². The quantitative estimate of drug-likeness (QED) is 0.604. The maximum atomic E-state index is 13.2. The van der Waals surface area contributed by atoms with E-state index in [1.54, 1.807) is 11.8 Å². The Bertz CT molecular complexity index is 941. The lowest BCUT2D eigenvalue weighted by molar-refractivity contribution is -0.139. The van der Waals surface area contributed by atoms with E-state index in [2.05, 4.69) is 15.5 Å². The third-order valence-corrected chi connectivity index (χ3v) is 6.11. The molecule has 9 nitrogen and oxygen atoms in total. The molecule has 2 aliphatic heterocycles. The van der Waals surface area contributed by atoms with E-state index >= 15 is 0 Å². The van der Waals surface area contributed by atoms with Crippen molar-refractivity contribution < 1.29 is 19.1 Å². The Morgan fingerprint density at radius 3 is 2.43 bits per heavy atom. The van der Waals surface area contributed by atoms with Crippen molar-refractivity contribution in [1.82, 2.24) is 25.3 Å². The third-order valence-electron chi connectivity index (χ3n) is 6.11. The summed E-state index contributed by atoms with van der Waals surface area (Å²) in [5.41, 5.74) is 1.66. The first kappa shape index (κ1) is 26.5. The number of amides is 4. The predicted octanol–water partition coefficient (Wildman–Crippen LogP) is 3.11. The van der Waals surface area contributed by atoms with Crippen molar-refractivity contribution in [3.63, 3.8) is 0 Å². The van der Waals surface area contributed by atoms with Crippen molar-refractivity contribution in [3.8, 4) is 0 Å². The van der Waals surface area contributed by atoms with Crippen molar-refractivity contribution in [3.05, 3.63) is 47.2 Å². The SMILES string of the molecule is CCOC(=O)C1=C(CN2CCCN(C(=O)NC(C)(C)C)CC2)N(CC)C(=O)NC1c1ccccc1. The number of hydrogen-bond acceptors (Lipinski definition) is 5. The van der Waals surface area contributed by atoms with Crippen LogP contribution in [0.1, 0.15) is 52.6 Å². The molecule has 1 aromatic carbocycles. The maximum Gasteiger partial charge on any atom is 0.338 e. The Morgan fingerprint density at radius 1 is 1.09 bits per heavy atom. The molecule has 9 heteroatoms. The fraction of sp³-hybridized carbons (Fsp3) is 0.577. The van der Waals surface area contributed by atoms with Crippen molar-refractivity contribution in [2.75, 3.05) is 45.9 Å². The molecule has 0 radical (unpaired) electrons. The van der Waals surface area contributed by atoms with Crippen LogP contribution in [-0.2, 0) is 9.53 Å². The zero-order chi connectivity index (χ0) is 25.6. The second kappa shape index (κ2) is 11.6. The van der Waals surface area contributed by atoms with E-state index in [1.165, 1.54) is 0 Å². The van der Waals surface area contributed by atoms with Crippen molar-refractivity contribution in [1.29, 1.82) is 0 Å². The summed E-state index contributed by atoms with van der Waals surface area (Å²) >= 11 is 0. The van der Waals surface area contributed by atoms with Crippen LogP contribution < -0.4 is 10.6 Å². The Morgan fingerprint density at radius 2 is 1.80 bits per heavy atom. The lowest BCUT2D eigenvalue weighted by atomic mass is 9.94. The minimum atomic E-state index is -0.582. The highest BCUT2D eigenvalue weighted by Gasteiger charge is 2.38. The van der Waals surface area contributed by atoms with Gasteiger partial charge in [0.1, 0.15) is 0 Å². The molecule has 1 saturated heterocycles. The largest absolute Gasteiger partial charge is 0.463 e. The van der Waals surface area contributed by atoms with Crippen LogP contribution in [0, 0.1) is 0 Å². The smallest absolute Gasteiger partial charge is 0.338 e. The topological polar surface area (TPSA) is 94.2 Å². The molecule has 35 heavy (non-hydrogen) atoms. The lowest BCUT2D eigenvalue weighted by Gasteiger charge is -2.38. The van der Waals surface area contributed by atoms with Gasteiger partial charge in [0.05, 0.1) is 18.2 Å². The van der Waals surface area contributed by atoms with Gasteiger partial charge in [0.25, 0.3) is 0 Å². The van der Waals surface area contributed by atoms with Gasteiger partial charge in [0.2, 0.25) is 0 Å². The van der Waals surface area contributed by atoms with Crippen LogP contribution >= 0.6 is 0 Å². The Labute approximate surface area is 208 Å². The molecule has 0 bridgehead atoms. The molecule has 1 fully saturated rings. The van der Waals surface area contributed by atoms with Gasteiger partial charge in [-0.2, -0.15) is 0 Å². The fourth-order valence-electron chi connectivity index (χ4n) is 4.50. The van der Waals surface area contributed by atoms with E-state index in [0.717, 1.165) is 18.5 Å². The monoisotopic (exact) mass is 485 g/mol. The van der Waals surface area contributed by atoms with E-state index < -0.39 is 12.0 Å². The highest BCUT2D eigenvalue weighted by atomic mass is 16.5. The second-order valence-electron chi connectivity index (χ2n) is 9.92. The third kappa shape index (κ3) is 6.75. The molecule has 1 atom stereocenters. The van der Waals surface area contributed by atoms with Gasteiger partial charge in [-0.25, -0.2) is 14.4 Å². The average molecular weight is 486 g/mol. The van der Waals surface area contributed by atoms with Crippen LogP contribution in [0.25, 0.3) is 0 Å². The van der Waals surface area contributed by atoms with Gasteiger partial charge in [0.15, 0.2) is 0 Å². The standard InChI is InChI=1S/C26H39N5O4/c1-6-31-20(18-29-14-11-15-30(17-16-29)25(34)28-26(3,4)5)21(23(32)35-7-2)22(27-24(31)33)19-12-9-8-10-13-19/h8-10,12-13,22H,6-7,11,14-18H2,1-5H3,(H,27,33)(H,28,34). The number of carbonyl (C=O) groups excluding carboxylic acids is 3. The van der Waals surface area contributed by atoms with Crippen LogP contribution in [0.4, 0.5) is 9.59 Å². The van der Waals surface area contributed by atoms with Crippen LogP contribution in [0.2, 0.25) is 0 Å². The van der Waals surface area contributed by atoms with Gasteiger partial charge in [-0.15, -0.1) is 0 Å². The number of nitrogens with one attached hydrogen (secondary N) is 2. The van der Waals surface area contributed by atoms with Crippen molar-refractivity contribution in [2.24, 2.45) is 0 Å². The van der Waals surface area contributed by atoms with E-state index in [-0.39, 0.29) is 24.2 Å². The molecule has 0 saturated carbocycles. The fourth-order valence-corrected chi connectivity index (χ4v) is 4.50. The molecule has 3 rings (SSSR count). The van der Waals surface area contributed by atoms with Crippen molar-refractivity contribution >= 4 is 18.0 Å². The molecule has 1 aromatic rings. The van der Waals surface area contributed by atoms with Gasteiger partial charge in [-0.3, -0.25) is 9.80 Å². The molecular formula is C26H39N5O4. The molecule has 0 aromatic heterocycles. The van der Waals surface area contributed by atoms with E-state index in [1.807, 2.05) is 62.9 Å². The van der Waals surface area contributed by atoms with Gasteiger partial charge in [0, 0.05) is 50.5 Å². The molecule has 2 heterocycles. The van der Waals surface area contributed by atoms with Crippen LogP contribution in [0.3, 0.4) is 0 Å². The Hall–Kier alpha value is -3.07. The zero-order valence-electron chi connectivity index (χ0n) is 21.6. The predicted molar refractivity (Wildman–Crippen MR) is 135 cm³/mol. The first-order chi connectivity index (χ1) is 16.6. The molecule has 4 amide bonds. The molecule has 2 aliphatic rings. The number of urea groups is 2. The number of rotatable bonds is 6. The van der Waals surface area contributed by atoms with Gasteiger partial charge in [-0.1, -0.05) is 30.3 Å². The minimum absolute atomic E-state index is 0.0675. The number of ether oxygens (including phenoxy) is 1. The molecule has 2 N–H and O–H groups in total. The molecule has 0 aliphatic carbocycles. The summed E-state index contributed by atoms with van der Waals surface area (Å²) in [7, 11) is 0. The van der Waals surface area contributed by atoms with Gasteiger partial charge >= 0.3 is 18.0 Å². The lowest BCUT2D eigenvalue weighted by Crippen LogP contribution is -2.51. The number of esters is 1. The summed E-state index contributed by atoms with van der Waals surface area (Å²) in [4.78, 5) is 44.6. The molecule has 0 spiro atoms. The molecule has 192 valence electrons. The normalized spacial score (nSPS) is 19.8. The first-order valence-electron chi connectivity index (χ1n) is 12.5. The number of hydrogen-bond donors (Lipinski definition) is 2. The molecule has 1 unspecified atom stereocenters. The highest BCUT2D eigenvalue weighted by Crippen LogP contribution is 2.32. The van der Waals surface area contributed by atoms with Crippen LogP contribution in [-0.4, -0.2) is 84.1 Å². The maximum absolute atomic E-state index is 13.2. The summed E-state index contributed by atoms with van der Waals surface area (Å²) in [5.74, 6) is -0.421. The van der Waals surface area contributed by atoms with Crippen molar-refractivity contribution in [2.45, 2.75) is 52.6 Å².